The van der Waals surface area contributed by atoms with Gasteiger partial charge in [-0.25, -0.2) is 8.42 Å². The third-order valence-corrected chi connectivity index (χ3v) is 3.84. The normalized spacial score (nSPS) is 11.3. The van der Waals surface area contributed by atoms with Gasteiger partial charge in [-0.15, -0.1) is 0 Å². The number of ether oxygens (including phenoxy) is 1. The molecule has 0 unspecified atom stereocenters. The fourth-order valence-corrected chi connectivity index (χ4v) is 2.55. The fourth-order valence-electron chi connectivity index (χ4n) is 1.56. The predicted octanol–water partition coefficient (Wildman–Crippen LogP) is 0.558. The molecule has 108 valence electrons. The first-order valence-corrected chi connectivity index (χ1v) is 7.45. The van der Waals surface area contributed by atoms with E-state index in [4.69, 9.17) is 10.5 Å². The van der Waals surface area contributed by atoms with Crippen LogP contribution in [0.2, 0.25) is 0 Å². The van der Waals surface area contributed by atoms with E-state index in [1.165, 1.54) is 16.8 Å². The van der Waals surface area contributed by atoms with Crippen molar-refractivity contribution in [3.05, 3.63) is 36.5 Å². The molecule has 1 aromatic heterocycles. The molecular formula is C12H16N4O3S. The summed E-state index contributed by atoms with van der Waals surface area (Å²) in [5.41, 5.74) is 5.32. The lowest BCUT2D eigenvalue weighted by molar-refractivity contribution is 0.328. The van der Waals surface area contributed by atoms with Crippen molar-refractivity contribution < 1.29 is 13.2 Å². The first-order valence-electron chi connectivity index (χ1n) is 5.97. The Morgan fingerprint density at radius 3 is 2.55 bits per heavy atom. The molecule has 7 nitrogen and oxygen atoms in total. The molecule has 0 saturated carbocycles. The second kappa shape index (κ2) is 5.93. The van der Waals surface area contributed by atoms with Gasteiger partial charge in [0, 0.05) is 25.9 Å². The van der Waals surface area contributed by atoms with E-state index in [0.29, 0.717) is 18.9 Å². The molecule has 0 fully saturated rings. The van der Waals surface area contributed by atoms with Gasteiger partial charge in [0.25, 0.3) is 10.0 Å². The first-order chi connectivity index (χ1) is 9.51. The molecule has 0 aliphatic carbocycles. The number of nitrogens with two attached hydrogens (primary N) is 1. The lowest BCUT2D eigenvalue weighted by atomic mass is 10.3. The lowest BCUT2D eigenvalue weighted by Crippen LogP contribution is -2.14. The van der Waals surface area contributed by atoms with Gasteiger partial charge in [-0.1, -0.05) is 0 Å². The van der Waals surface area contributed by atoms with Gasteiger partial charge in [0.05, 0.1) is 4.90 Å². The number of benzene rings is 1. The van der Waals surface area contributed by atoms with Gasteiger partial charge < -0.3 is 10.5 Å². The Balaban J connectivity index is 2.13. The zero-order chi connectivity index (χ0) is 14.6. The molecule has 0 atom stereocenters. The van der Waals surface area contributed by atoms with Crippen LogP contribution in [-0.4, -0.2) is 31.3 Å². The minimum atomic E-state index is -3.64. The third-order valence-electron chi connectivity index (χ3n) is 2.47. The Bertz CT molecular complexity index is 664. The summed E-state index contributed by atoms with van der Waals surface area (Å²) in [5.74, 6) is 0.850. The molecule has 8 heteroatoms. The van der Waals surface area contributed by atoms with Crippen LogP contribution < -0.4 is 15.2 Å². The van der Waals surface area contributed by atoms with E-state index in [9.17, 15) is 8.42 Å². The number of sulfonamides is 1. The topological polar surface area (TPSA) is 99.2 Å². The number of anilines is 1. The summed E-state index contributed by atoms with van der Waals surface area (Å²) in [7, 11) is -1.93. The van der Waals surface area contributed by atoms with E-state index >= 15 is 0 Å². The zero-order valence-electron chi connectivity index (χ0n) is 11.0. The van der Waals surface area contributed by atoms with Crippen LogP contribution in [0.4, 0.5) is 5.82 Å². The van der Waals surface area contributed by atoms with Crippen molar-refractivity contribution >= 4 is 15.8 Å². The predicted molar refractivity (Wildman–Crippen MR) is 75.0 cm³/mol. The van der Waals surface area contributed by atoms with Crippen molar-refractivity contribution in [2.75, 3.05) is 17.9 Å². The van der Waals surface area contributed by atoms with E-state index in [2.05, 4.69) is 9.82 Å². The van der Waals surface area contributed by atoms with Crippen molar-refractivity contribution in [3.63, 3.8) is 0 Å². The Morgan fingerprint density at radius 2 is 2.00 bits per heavy atom. The van der Waals surface area contributed by atoms with E-state index in [-0.39, 0.29) is 10.7 Å². The summed E-state index contributed by atoms with van der Waals surface area (Å²) in [6.45, 7) is 0.791. The molecule has 3 N–H and O–H groups in total. The minimum Gasteiger partial charge on any atom is -0.492 e. The summed E-state index contributed by atoms with van der Waals surface area (Å²) in [6.07, 6.45) is 1.65. The number of hydrogen-bond acceptors (Lipinski definition) is 5. The number of rotatable bonds is 6. The molecule has 0 bridgehead atoms. The Labute approximate surface area is 117 Å². The average molecular weight is 296 g/mol. The number of aromatic nitrogens is 2. The van der Waals surface area contributed by atoms with Crippen molar-refractivity contribution in [2.24, 2.45) is 12.8 Å². The highest BCUT2D eigenvalue weighted by atomic mass is 32.2. The van der Waals surface area contributed by atoms with Crippen LogP contribution in [0.25, 0.3) is 0 Å². The summed E-state index contributed by atoms with van der Waals surface area (Å²) < 4.78 is 33.4. The summed E-state index contributed by atoms with van der Waals surface area (Å²) >= 11 is 0. The Morgan fingerprint density at radius 1 is 1.30 bits per heavy atom. The molecule has 0 aliphatic rings. The molecule has 0 aliphatic heterocycles. The maximum absolute atomic E-state index is 12.1. The smallest absolute Gasteiger partial charge is 0.263 e. The Kier molecular flexibility index (Phi) is 4.26. The standard InChI is InChI=1S/C12H16N4O3S/c1-16-8-6-12(14-16)15-20(17,18)11-4-2-10(3-5-11)19-9-7-13/h2-6,8H,7,9,13H2,1H3,(H,14,15). The second-order valence-corrected chi connectivity index (χ2v) is 5.77. The van der Waals surface area contributed by atoms with E-state index in [0.717, 1.165) is 0 Å². The van der Waals surface area contributed by atoms with Crippen LogP contribution in [0.1, 0.15) is 0 Å². The van der Waals surface area contributed by atoms with Gasteiger partial charge in [0.15, 0.2) is 5.82 Å². The highest BCUT2D eigenvalue weighted by molar-refractivity contribution is 7.92. The molecule has 2 aromatic rings. The molecule has 0 saturated heterocycles. The maximum Gasteiger partial charge on any atom is 0.263 e. The van der Waals surface area contributed by atoms with Crippen LogP contribution in [0.5, 0.6) is 5.75 Å². The summed E-state index contributed by atoms with van der Waals surface area (Å²) in [6, 6.07) is 7.69. The number of nitrogens with zero attached hydrogens (tertiary/aromatic N) is 2. The monoisotopic (exact) mass is 296 g/mol. The summed E-state index contributed by atoms with van der Waals surface area (Å²) in [4.78, 5) is 0.142. The van der Waals surface area contributed by atoms with Gasteiger partial charge in [-0.05, 0) is 24.3 Å². The molecule has 1 heterocycles. The average Bonchev–Trinajstić information content (AvgIpc) is 2.81. The van der Waals surface area contributed by atoms with Crippen LogP contribution >= 0.6 is 0 Å². The lowest BCUT2D eigenvalue weighted by Gasteiger charge is -2.07. The highest BCUT2D eigenvalue weighted by Gasteiger charge is 2.15. The number of nitrogens with one attached hydrogen (secondary N) is 1. The van der Waals surface area contributed by atoms with Crippen molar-refractivity contribution in [1.82, 2.24) is 9.78 Å². The van der Waals surface area contributed by atoms with Crippen LogP contribution in [0.3, 0.4) is 0 Å². The van der Waals surface area contributed by atoms with Gasteiger partial charge in [-0.3, -0.25) is 9.40 Å². The molecule has 1 aromatic carbocycles. The molecule has 20 heavy (non-hydrogen) atoms. The SMILES string of the molecule is Cn1ccc(NS(=O)(=O)c2ccc(OCCN)cc2)n1. The first kappa shape index (κ1) is 14.4. The second-order valence-electron chi connectivity index (χ2n) is 4.09. The van der Waals surface area contributed by atoms with Crippen molar-refractivity contribution in [1.29, 1.82) is 0 Å². The van der Waals surface area contributed by atoms with Crippen LogP contribution in [-0.2, 0) is 17.1 Å². The third kappa shape index (κ3) is 3.49. The molecule has 2 rings (SSSR count). The van der Waals surface area contributed by atoms with Gasteiger partial charge in [0.2, 0.25) is 0 Å². The van der Waals surface area contributed by atoms with Crippen LogP contribution in [0, 0.1) is 0 Å². The van der Waals surface area contributed by atoms with Crippen molar-refractivity contribution in [2.45, 2.75) is 4.90 Å². The number of aryl methyl sites for hydroxylation is 1. The Hall–Kier alpha value is -2.06. The molecule has 0 radical (unpaired) electrons. The van der Waals surface area contributed by atoms with Crippen LogP contribution in [0.15, 0.2) is 41.4 Å². The fraction of sp³-hybridized carbons (Fsp3) is 0.250. The van der Waals surface area contributed by atoms with Gasteiger partial charge in [0.1, 0.15) is 12.4 Å². The summed E-state index contributed by atoms with van der Waals surface area (Å²) in [5, 5.41) is 3.97. The molecular weight excluding hydrogens is 280 g/mol. The van der Waals surface area contributed by atoms with Crippen molar-refractivity contribution in [3.8, 4) is 5.75 Å². The highest BCUT2D eigenvalue weighted by Crippen LogP contribution is 2.18. The van der Waals surface area contributed by atoms with E-state index in [1.807, 2.05) is 0 Å². The van der Waals surface area contributed by atoms with Gasteiger partial charge >= 0.3 is 0 Å². The number of hydrogen-bond donors (Lipinski definition) is 2. The molecule has 0 spiro atoms. The van der Waals surface area contributed by atoms with E-state index in [1.54, 1.807) is 31.4 Å². The van der Waals surface area contributed by atoms with E-state index < -0.39 is 10.0 Å². The largest absolute Gasteiger partial charge is 0.492 e. The van der Waals surface area contributed by atoms with Gasteiger partial charge in [-0.2, -0.15) is 5.10 Å². The minimum absolute atomic E-state index is 0.142. The molecule has 0 amide bonds. The quantitative estimate of drug-likeness (QED) is 0.811. The zero-order valence-corrected chi connectivity index (χ0v) is 11.8. The maximum atomic E-state index is 12.1.